The number of pyridine rings is 1. The summed E-state index contributed by atoms with van der Waals surface area (Å²) in [5, 5.41) is 11.7. The van der Waals surface area contributed by atoms with Crippen molar-refractivity contribution in [1.82, 2.24) is 4.98 Å². The number of hydrogen-bond acceptors (Lipinski definition) is 10. The Bertz CT molecular complexity index is 1740. The van der Waals surface area contributed by atoms with Crippen molar-refractivity contribution in [1.29, 1.82) is 0 Å². The van der Waals surface area contributed by atoms with Crippen LogP contribution in [0.3, 0.4) is 0 Å². The van der Waals surface area contributed by atoms with Gasteiger partial charge in [0.05, 0.1) is 29.7 Å². The van der Waals surface area contributed by atoms with E-state index in [-0.39, 0.29) is 45.0 Å². The van der Waals surface area contributed by atoms with Gasteiger partial charge in [-0.2, -0.15) is 13.2 Å². The van der Waals surface area contributed by atoms with Gasteiger partial charge in [0.2, 0.25) is 0 Å². The monoisotopic (exact) mass is 737 g/mol. The molecule has 1 aliphatic rings. The molecule has 4 rings (SSSR count). The van der Waals surface area contributed by atoms with Gasteiger partial charge in [0.25, 0.3) is 12.1 Å². The highest BCUT2D eigenvalue weighted by molar-refractivity contribution is 8.14. The van der Waals surface area contributed by atoms with E-state index < -0.39 is 52.0 Å². The van der Waals surface area contributed by atoms with Crippen LogP contribution in [0.5, 0.6) is 11.5 Å². The molecule has 0 aliphatic carbocycles. The molecule has 2 aromatic carbocycles. The number of carbonyl (C=O) groups excluding carboxylic acids is 2. The molecule has 0 fully saturated rings. The van der Waals surface area contributed by atoms with E-state index in [1.165, 1.54) is 18.2 Å². The summed E-state index contributed by atoms with van der Waals surface area (Å²) in [7, 11) is 2.12. The first kappa shape index (κ1) is 38.4. The predicted octanol–water partition coefficient (Wildman–Crippen LogP) is 9.00. The van der Waals surface area contributed by atoms with E-state index >= 15 is 0 Å². The Kier molecular flexibility index (Phi) is 13.1. The maximum Gasteiger partial charge on any atom is 0.434 e. The number of rotatable bonds is 9. The number of nitro groups is 1. The van der Waals surface area contributed by atoms with Gasteiger partial charge in [-0.05, 0) is 42.2 Å². The molecule has 2 heterocycles. The summed E-state index contributed by atoms with van der Waals surface area (Å²) in [6, 6.07) is 8.35. The highest BCUT2D eigenvalue weighted by Crippen LogP contribution is 2.40. The summed E-state index contributed by atoms with van der Waals surface area (Å²) >= 11 is 12.8. The molecule has 48 heavy (non-hydrogen) atoms. The van der Waals surface area contributed by atoms with Crippen molar-refractivity contribution >= 4 is 57.6 Å². The molecule has 0 saturated heterocycles. The third-order valence-corrected chi connectivity index (χ3v) is 7.82. The lowest BCUT2D eigenvalue weighted by atomic mass is 9.91. The van der Waals surface area contributed by atoms with Crippen molar-refractivity contribution in [2.24, 2.45) is 10.9 Å². The number of halogens is 7. The SMILES string of the molecule is COC(=O)c1c(C(F)F)nc(C(F)(F)F)c(C2=NCCS2)c1CC(C)C.COC(=O)c1cc(Oc2ccc(Cl)cc2Cl)ccc1[N+](=O)[O-]. The number of esters is 2. The largest absolute Gasteiger partial charge is 0.465 e. The maximum absolute atomic E-state index is 13.6. The second kappa shape index (κ2) is 16.4. The molecule has 0 saturated carbocycles. The highest BCUT2D eigenvalue weighted by Gasteiger charge is 2.42. The summed E-state index contributed by atoms with van der Waals surface area (Å²) in [6.45, 7) is 3.73. The zero-order valence-corrected chi connectivity index (χ0v) is 27.8. The van der Waals surface area contributed by atoms with E-state index in [0.717, 1.165) is 32.0 Å². The van der Waals surface area contributed by atoms with Crippen LogP contribution in [0.2, 0.25) is 10.0 Å². The fourth-order valence-corrected chi connectivity index (χ4v) is 5.74. The molecular formula is C30H26Cl2F5N3O7S. The number of aliphatic imine (C=N–C) groups is 1. The van der Waals surface area contributed by atoms with E-state index in [2.05, 4.69) is 19.5 Å². The van der Waals surface area contributed by atoms with Crippen LogP contribution >= 0.6 is 35.0 Å². The van der Waals surface area contributed by atoms with E-state index in [0.29, 0.717) is 23.1 Å². The van der Waals surface area contributed by atoms with Gasteiger partial charge < -0.3 is 14.2 Å². The average Bonchev–Trinajstić information content (AvgIpc) is 3.55. The van der Waals surface area contributed by atoms with Crippen LogP contribution in [0.15, 0.2) is 41.4 Å². The molecule has 1 aliphatic heterocycles. The van der Waals surface area contributed by atoms with Crippen molar-refractivity contribution in [3.05, 3.63) is 90.2 Å². The van der Waals surface area contributed by atoms with E-state index in [1.54, 1.807) is 26.0 Å². The molecule has 18 heteroatoms. The van der Waals surface area contributed by atoms with Crippen molar-refractivity contribution in [2.45, 2.75) is 32.9 Å². The van der Waals surface area contributed by atoms with Crippen molar-refractivity contribution in [3.8, 4) is 11.5 Å². The van der Waals surface area contributed by atoms with Gasteiger partial charge in [-0.25, -0.2) is 23.4 Å². The summed E-state index contributed by atoms with van der Waals surface area (Å²) in [4.78, 5) is 41.2. The minimum atomic E-state index is -4.97. The fourth-order valence-electron chi connectivity index (χ4n) is 4.37. The quantitative estimate of drug-likeness (QED) is 0.0914. The summed E-state index contributed by atoms with van der Waals surface area (Å²) < 4.78 is 82.3. The van der Waals surface area contributed by atoms with Gasteiger partial charge in [-0.3, -0.25) is 15.1 Å². The first-order valence-electron chi connectivity index (χ1n) is 13.7. The minimum absolute atomic E-state index is 0.0231. The average molecular weight is 739 g/mol. The van der Waals surface area contributed by atoms with Gasteiger partial charge in [0, 0.05) is 35.0 Å². The molecule has 258 valence electrons. The number of hydrogen-bond donors (Lipinski definition) is 0. The summed E-state index contributed by atoms with van der Waals surface area (Å²) in [5.74, 6) is -1.19. The second-order valence-electron chi connectivity index (χ2n) is 10.1. The fraction of sp³-hybridized carbons (Fsp3) is 0.333. The van der Waals surface area contributed by atoms with Crippen LogP contribution in [0.4, 0.5) is 27.6 Å². The lowest BCUT2D eigenvalue weighted by Crippen LogP contribution is -2.24. The Morgan fingerprint density at radius 1 is 1.06 bits per heavy atom. The van der Waals surface area contributed by atoms with E-state index in [9.17, 15) is 41.7 Å². The van der Waals surface area contributed by atoms with Crippen molar-refractivity contribution in [2.75, 3.05) is 26.5 Å². The number of ether oxygens (including phenoxy) is 3. The number of benzene rings is 2. The molecule has 0 amide bonds. The van der Waals surface area contributed by atoms with Crippen molar-refractivity contribution < 1.29 is 50.7 Å². The Balaban J connectivity index is 0.000000264. The number of nitrogens with zero attached hydrogens (tertiary/aromatic N) is 3. The van der Waals surface area contributed by atoms with E-state index in [4.69, 9.17) is 27.9 Å². The molecule has 1 aromatic heterocycles. The van der Waals surface area contributed by atoms with Crippen molar-refractivity contribution in [3.63, 3.8) is 0 Å². The second-order valence-corrected chi connectivity index (χ2v) is 12.0. The maximum atomic E-state index is 13.6. The number of alkyl halides is 5. The summed E-state index contributed by atoms with van der Waals surface area (Å²) in [6.07, 6.45) is -8.35. The normalized spacial score (nSPS) is 12.7. The minimum Gasteiger partial charge on any atom is -0.465 e. The smallest absolute Gasteiger partial charge is 0.434 e. The molecule has 0 radical (unpaired) electrons. The van der Waals surface area contributed by atoms with Gasteiger partial charge in [-0.1, -0.05) is 37.0 Å². The van der Waals surface area contributed by atoms with Crippen LogP contribution < -0.4 is 4.74 Å². The zero-order valence-electron chi connectivity index (χ0n) is 25.5. The van der Waals surface area contributed by atoms with Crippen LogP contribution in [0.1, 0.15) is 63.5 Å². The zero-order chi connectivity index (χ0) is 35.9. The molecule has 0 unspecified atom stereocenters. The van der Waals surface area contributed by atoms with Gasteiger partial charge in [0.15, 0.2) is 5.69 Å². The first-order valence-corrected chi connectivity index (χ1v) is 15.4. The molecule has 0 bridgehead atoms. The molecule has 10 nitrogen and oxygen atoms in total. The molecule has 0 spiro atoms. The molecule has 0 atom stereocenters. The third kappa shape index (κ3) is 9.32. The topological polar surface area (TPSA) is 130 Å². The standard InChI is InChI=1S/C16H17F5N2O2S.C14H9Cl2NO5/c1-7(2)6-8-9(15(24)25-3)11(13(17)18)23-12(16(19,20)21)10(8)14-22-4-5-26-14;1-21-14(18)10-7-9(3-4-12(10)17(19)20)22-13-5-2-8(15)6-11(13)16/h7,13H,4-6H2,1-3H3;2-7H,1H3. The molecule has 0 N–H and O–H groups in total. The van der Waals surface area contributed by atoms with Crippen LogP contribution in [-0.2, 0) is 22.1 Å². The molecule has 3 aromatic rings. The highest BCUT2D eigenvalue weighted by atomic mass is 35.5. The van der Waals surface area contributed by atoms with Crippen LogP contribution in [-0.4, -0.2) is 53.4 Å². The van der Waals surface area contributed by atoms with E-state index in [1.807, 2.05) is 0 Å². The third-order valence-electron chi connectivity index (χ3n) is 6.30. The number of nitro benzene ring substituents is 1. The lowest BCUT2D eigenvalue weighted by molar-refractivity contribution is -0.385. The van der Waals surface area contributed by atoms with Gasteiger partial charge in [-0.15, -0.1) is 11.8 Å². The summed E-state index contributed by atoms with van der Waals surface area (Å²) in [5.41, 5.74) is -4.38. The van der Waals surface area contributed by atoms with Gasteiger partial charge in [0.1, 0.15) is 27.8 Å². The van der Waals surface area contributed by atoms with Crippen LogP contribution in [0, 0.1) is 16.0 Å². The Morgan fingerprint density at radius 2 is 1.73 bits per heavy atom. The molecular weight excluding hydrogens is 712 g/mol. The number of aromatic nitrogens is 1. The predicted molar refractivity (Wildman–Crippen MR) is 169 cm³/mol. The number of carbonyl (C=O) groups is 2. The van der Waals surface area contributed by atoms with Gasteiger partial charge >= 0.3 is 18.1 Å². The number of thioether (sulfide) groups is 1. The number of methoxy groups -OCH3 is 2. The first-order chi connectivity index (χ1) is 22.5. The Labute approximate surface area is 284 Å². The Morgan fingerprint density at radius 3 is 2.23 bits per heavy atom. The Hall–Kier alpha value is -4.02. The lowest BCUT2D eigenvalue weighted by Gasteiger charge is -2.22. The van der Waals surface area contributed by atoms with Crippen LogP contribution in [0.25, 0.3) is 0 Å².